The molecule has 0 bridgehead atoms. The quantitative estimate of drug-likeness (QED) is 0.388. The van der Waals surface area contributed by atoms with E-state index in [-0.39, 0.29) is 0 Å². The molecule has 0 aromatic heterocycles. The summed E-state index contributed by atoms with van der Waals surface area (Å²) in [6, 6.07) is 0. The number of hydrogen-bond donors (Lipinski definition) is 0. The summed E-state index contributed by atoms with van der Waals surface area (Å²) in [7, 11) is 0. The second kappa shape index (κ2) is 5.18. The fourth-order valence-corrected chi connectivity index (χ4v) is 0.480. The number of rotatable bonds is 2. The van der Waals surface area contributed by atoms with Crippen molar-refractivity contribution in [2.24, 2.45) is 0 Å². The van der Waals surface area contributed by atoms with Crippen LogP contribution in [0.15, 0.2) is 23.8 Å². The van der Waals surface area contributed by atoms with Gasteiger partial charge in [0.1, 0.15) is 0 Å². The van der Waals surface area contributed by atoms with Crippen molar-refractivity contribution in [3.05, 3.63) is 23.8 Å². The van der Waals surface area contributed by atoms with E-state index in [1.165, 1.54) is 5.57 Å². The molecule has 0 heterocycles. The molecular weight excluding hydrogens is 108 g/mol. The van der Waals surface area contributed by atoms with Crippen molar-refractivity contribution in [3.63, 3.8) is 0 Å². The number of hydrogen-bond acceptors (Lipinski definition) is 0. The molecule has 0 unspecified atom stereocenters. The number of allylic oxidation sites excluding steroid dienone is 4. The summed E-state index contributed by atoms with van der Waals surface area (Å²) in [6.45, 7) is 4.01. The van der Waals surface area contributed by atoms with E-state index < -0.39 is 0 Å². The first-order valence-electron chi connectivity index (χ1n) is 3.03. The third-order valence-electron chi connectivity index (χ3n) is 0.954. The molecule has 0 spiro atoms. The Hall–Kier alpha value is -0.960. The Kier molecular flexibility index (Phi) is 4.63. The van der Waals surface area contributed by atoms with Gasteiger partial charge in [0, 0.05) is 6.42 Å². The van der Waals surface area contributed by atoms with Gasteiger partial charge in [-0.3, -0.25) is 0 Å². The summed E-state index contributed by atoms with van der Waals surface area (Å²) in [6.07, 6.45) is 11.8. The molecule has 0 N–H and O–H groups in total. The number of terminal acetylenes is 1. The summed E-state index contributed by atoms with van der Waals surface area (Å²) < 4.78 is 0. The fourth-order valence-electron chi connectivity index (χ4n) is 0.480. The maximum Gasteiger partial charge on any atom is 0.0296 e. The Bertz CT molecular complexity index is 153. The highest BCUT2D eigenvalue weighted by atomic mass is 13.8. The van der Waals surface area contributed by atoms with E-state index in [0.29, 0.717) is 0 Å². The summed E-state index contributed by atoms with van der Waals surface area (Å²) in [4.78, 5) is 0. The van der Waals surface area contributed by atoms with Crippen LogP contribution in [0.1, 0.15) is 20.3 Å². The van der Waals surface area contributed by atoms with Crippen LogP contribution in [0.2, 0.25) is 0 Å². The SMILES string of the molecule is C#CC/C(C)=C\C=C/C. The molecule has 0 atom stereocenters. The largest absolute Gasteiger partial charge is 0.120 e. The average molecular weight is 120 g/mol. The van der Waals surface area contributed by atoms with E-state index >= 15 is 0 Å². The lowest BCUT2D eigenvalue weighted by Gasteiger charge is -1.86. The Morgan fingerprint density at radius 2 is 2.33 bits per heavy atom. The first-order chi connectivity index (χ1) is 4.31. The van der Waals surface area contributed by atoms with E-state index in [2.05, 4.69) is 5.92 Å². The molecule has 0 nitrogen and oxygen atoms in total. The molecule has 0 saturated carbocycles. The van der Waals surface area contributed by atoms with Gasteiger partial charge in [0.25, 0.3) is 0 Å². The van der Waals surface area contributed by atoms with Gasteiger partial charge in [0.15, 0.2) is 0 Å². The summed E-state index contributed by atoms with van der Waals surface area (Å²) in [5.74, 6) is 2.57. The minimum absolute atomic E-state index is 0.754. The lowest BCUT2D eigenvalue weighted by atomic mass is 10.2. The maximum absolute atomic E-state index is 5.09. The third-order valence-corrected chi connectivity index (χ3v) is 0.954. The molecule has 48 valence electrons. The molecule has 0 saturated heterocycles. The van der Waals surface area contributed by atoms with Crippen molar-refractivity contribution in [1.29, 1.82) is 0 Å². The Labute approximate surface area is 57.3 Å². The summed E-state index contributed by atoms with van der Waals surface area (Å²) in [5, 5.41) is 0. The predicted octanol–water partition coefficient (Wildman–Crippen LogP) is 2.53. The highest BCUT2D eigenvalue weighted by molar-refractivity contribution is 5.14. The van der Waals surface area contributed by atoms with Crippen molar-refractivity contribution in [2.75, 3.05) is 0 Å². The lowest BCUT2D eigenvalue weighted by molar-refractivity contribution is 1.25. The van der Waals surface area contributed by atoms with Crippen LogP contribution in [-0.4, -0.2) is 0 Å². The summed E-state index contributed by atoms with van der Waals surface area (Å²) in [5.41, 5.74) is 1.23. The lowest BCUT2D eigenvalue weighted by Crippen LogP contribution is -1.69. The monoisotopic (exact) mass is 120 g/mol. The fraction of sp³-hybridized carbons (Fsp3) is 0.333. The van der Waals surface area contributed by atoms with Crippen LogP contribution in [0.5, 0.6) is 0 Å². The molecule has 0 radical (unpaired) electrons. The second-order valence-electron chi connectivity index (χ2n) is 1.92. The van der Waals surface area contributed by atoms with Gasteiger partial charge in [-0.2, -0.15) is 0 Å². The van der Waals surface area contributed by atoms with Gasteiger partial charge < -0.3 is 0 Å². The molecule has 0 aliphatic carbocycles. The van der Waals surface area contributed by atoms with Crippen LogP contribution < -0.4 is 0 Å². The summed E-state index contributed by atoms with van der Waals surface area (Å²) >= 11 is 0. The van der Waals surface area contributed by atoms with Gasteiger partial charge in [-0.15, -0.1) is 12.3 Å². The van der Waals surface area contributed by atoms with Gasteiger partial charge in [0.05, 0.1) is 0 Å². The topological polar surface area (TPSA) is 0 Å². The van der Waals surface area contributed by atoms with Gasteiger partial charge in [0.2, 0.25) is 0 Å². The molecule has 9 heavy (non-hydrogen) atoms. The standard InChI is InChI=1S/C9H12/c1-4-6-8-9(3)7-5-2/h2,4,6,8H,7H2,1,3H3/b6-4-,9-8-. The molecule has 0 fully saturated rings. The van der Waals surface area contributed by atoms with Gasteiger partial charge in [-0.1, -0.05) is 23.8 Å². The van der Waals surface area contributed by atoms with Crippen LogP contribution in [0, 0.1) is 12.3 Å². The molecule has 0 amide bonds. The molecule has 0 aliphatic rings. The highest BCUT2D eigenvalue weighted by Gasteiger charge is 1.78. The van der Waals surface area contributed by atoms with Gasteiger partial charge >= 0.3 is 0 Å². The van der Waals surface area contributed by atoms with E-state index in [9.17, 15) is 0 Å². The minimum Gasteiger partial charge on any atom is -0.120 e. The average Bonchev–Trinajstić information content (AvgIpc) is 1.85. The molecular formula is C9H12. The van der Waals surface area contributed by atoms with Crippen molar-refractivity contribution < 1.29 is 0 Å². The van der Waals surface area contributed by atoms with Crippen LogP contribution in [-0.2, 0) is 0 Å². The van der Waals surface area contributed by atoms with Crippen molar-refractivity contribution in [1.82, 2.24) is 0 Å². The van der Waals surface area contributed by atoms with Crippen LogP contribution in [0.3, 0.4) is 0 Å². The van der Waals surface area contributed by atoms with Crippen LogP contribution in [0.25, 0.3) is 0 Å². The first-order valence-corrected chi connectivity index (χ1v) is 3.03. The Balaban J connectivity index is 3.72. The predicted molar refractivity (Wildman–Crippen MR) is 42.0 cm³/mol. The Morgan fingerprint density at radius 3 is 2.78 bits per heavy atom. The smallest absolute Gasteiger partial charge is 0.0296 e. The van der Waals surface area contributed by atoms with Crippen LogP contribution in [0.4, 0.5) is 0 Å². The second-order valence-corrected chi connectivity index (χ2v) is 1.92. The minimum atomic E-state index is 0.754. The molecule has 0 rings (SSSR count). The van der Waals surface area contributed by atoms with E-state index in [1.54, 1.807) is 0 Å². The highest BCUT2D eigenvalue weighted by Crippen LogP contribution is 1.96. The Morgan fingerprint density at radius 1 is 1.67 bits per heavy atom. The zero-order valence-electron chi connectivity index (χ0n) is 6.02. The zero-order valence-corrected chi connectivity index (χ0v) is 6.02. The normalized spacial score (nSPS) is 11.9. The van der Waals surface area contributed by atoms with Crippen LogP contribution >= 0.6 is 0 Å². The first kappa shape index (κ1) is 8.04. The van der Waals surface area contributed by atoms with Crippen molar-refractivity contribution >= 4 is 0 Å². The zero-order chi connectivity index (χ0) is 7.11. The maximum atomic E-state index is 5.09. The van der Waals surface area contributed by atoms with Crippen molar-refractivity contribution in [2.45, 2.75) is 20.3 Å². The van der Waals surface area contributed by atoms with Gasteiger partial charge in [-0.05, 0) is 13.8 Å². The molecule has 0 aliphatic heterocycles. The van der Waals surface area contributed by atoms with E-state index in [4.69, 9.17) is 6.42 Å². The van der Waals surface area contributed by atoms with Crippen molar-refractivity contribution in [3.8, 4) is 12.3 Å². The van der Waals surface area contributed by atoms with E-state index in [0.717, 1.165) is 6.42 Å². The molecule has 0 aromatic carbocycles. The molecule has 0 heteroatoms. The molecule has 0 aromatic rings. The van der Waals surface area contributed by atoms with Gasteiger partial charge in [-0.25, -0.2) is 0 Å². The third kappa shape index (κ3) is 4.90. The van der Waals surface area contributed by atoms with E-state index in [1.807, 2.05) is 32.1 Å².